The van der Waals surface area contributed by atoms with Crippen LogP contribution < -0.4 is 5.32 Å². The van der Waals surface area contributed by atoms with Gasteiger partial charge in [-0.15, -0.1) is 0 Å². The topological polar surface area (TPSA) is 84.9 Å². The van der Waals surface area contributed by atoms with E-state index in [1.807, 2.05) is 0 Å². The van der Waals surface area contributed by atoms with Gasteiger partial charge in [-0.1, -0.05) is 0 Å². The number of hydrogen-bond donors (Lipinski definition) is 1. The molecule has 0 saturated carbocycles. The zero-order chi connectivity index (χ0) is 17.2. The number of alkyl carbamates (subject to hydrolysis) is 1. The van der Waals surface area contributed by atoms with Gasteiger partial charge in [0, 0.05) is 6.04 Å². The summed E-state index contributed by atoms with van der Waals surface area (Å²) in [5, 5.41) is 2.63. The molecule has 2 heterocycles. The van der Waals surface area contributed by atoms with Crippen molar-refractivity contribution in [3.63, 3.8) is 0 Å². The number of esters is 1. The van der Waals surface area contributed by atoms with E-state index in [1.165, 1.54) is 7.11 Å². The first-order chi connectivity index (χ1) is 10.7. The molecule has 7 heteroatoms. The van der Waals surface area contributed by atoms with E-state index in [0.717, 1.165) is 19.3 Å². The lowest BCUT2D eigenvalue weighted by atomic mass is 9.86. The Morgan fingerprint density at radius 1 is 1.17 bits per heavy atom. The van der Waals surface area contributed by atoms with Crippen molar-refractivity contribution in [2.75, 3.05) is 7.11 Å². The Bertz CT molecular complexity index is 485. The Morgan fingerprint density at radius 3 is 2.48 bits per heavy atom. The summed E-state index contributed by atoms with van der Waals surface area (Å²) >= 11 is 0. The molecule has 0 unspecified atom stereocenters. The van der Waals surface area contributed by atoms with Crippen LogP contribution in [-0.2, 0) is 19.1 Å². The Kier molecular flexibility index (Phi) is 5.16. The minimum absolute atomic E-state index is 0.0528. The summed E-state index contributed by atoms with van der Waals surface area (Å²) in [5.74, 6) is -0.608. The number of carbonyl (C=O) groups is 3. The maximum atomic E-state index is 12.7. The highest BCUT2D eigenvalue weighted by atomic mass is 16.6. The van der Waals surface area contributed by atoms with Crippen molar-refractivity contribution in [1.82, 2.24) is 10.2 Å². The second kappa shape index (κ2) is 6.76. The molecule has 3 atom stereocenters. The van der Waals surface area contributed by atoms with E-state index in [-0.39, 0.29) is 17.9 Å². The van der Waals surface area contributed by atoms with Crippen LogP contribution in [-0.4, -0.2) is 53.7 Å². The van der Waals surface area contributed by atoms with Crippen LogP contribution in [0.4, 0.5) is 4.79 Å². The maximum Gasteiger partial charge on any atom is 0.408 e. The Morgan fingerprint density at radius 2 is 1.87 bits per heavy atom. The van der Waals surface area contributed by atoms with Crippen molar-refractivity contribution in [2.24, 2.45) is 0 Å². The lowest BCUT2D eigenvalue weighted by molar-refractivity contribution is -0.160. The van der Waals surface area contributed by atoms with Crippen LogP contribution in [0.25, 0.3) is 0 Å². The first-order valence-electron chi connectivity index (χ1n) is 8.12. The van der Waals surface area contributed by atoms with Crippen molar-refractivity contribution in [2.45, 2.75) is 76.6 Å². The van der Waals surface area contributed by atoms with E-state index in [1.54, 1.807) is 25.7 Å². The summed E-state index contributed by atoms with van der Waals surface area (Å²) in [6, 6.07) is -1.14. The largest absolute Gasteiger partial charge is 0.467 e. The van der Waals surface area contributed by atoms with Crippen molar-refractivity contribution in [3.05, 3.63) is 0 Å². The van der Waals surface area contributed by atoms with Crippen LogP contribution in [0.1, 0.15) is 52.9 Å². The van der Waals surface area contributed by atoms with E-state index < -0.39 is 23.8 Å². The van der Waals surface area contributed by atoms with Crippen molar-refractivity contribution in [3.8, 4) is 0 Å². The van der Waals surface area contributed by atoms with Gasteiger partial charge < -0.3 is 19.7 Å². The fourth-order valence-corrected chi connectivity index (χ4v) is 3.31. The third-order valence-electron chi connectivity index (χ3n) is 4.25. The second-order valence-electron chi connectivity index (χ2n) is 7.15. The summed E-state index contributed by atoms with van der Waals surface area (Å²) in [6.07, 6.45) is 3.11. The predicted octanol–water partition coefficient (Wildman–Crippen LogP) is 1.60. The van der Waals surface area contributed by atoms with Crippen molar-refractivity contribution < 1.29 is 23.9 Å². The Labute approximate surface area is 136 Å². The number of rotatable bonds is 2. The quantitative estimate of drug-likeness (QED) is 0.779. The van der Waals surface area contributed by atoms with Crippen LogP contribution in [0.15, 0.2) is 0 Å². The van der Waals surface area contributed by atoms with Gasteiger partial charge in [0.25, 0.3) is 0 Å². The molecule has 0 aromatic rings. The number of ether oxygens (including phenoxy) is 2. The first-order valence-corrected chi connectivity index (χ1v) is 8.12. The standard InChI is InChI=1S/C16H26N2O5/c1-16(2,3)23-15(21)17-11-9-8-10-6-5-7-12(14(20)22-4)18(10)13(11)19/h10-12H,5-9H2,1-4H3,(H,17,21)/t10-,11+,12+/m1/s1. The molecule has 2 fully saturated rings. The molecule has 2 saturated heterocycles. The number of nitrogens with one attached hydrogen (secondary N) is 1. The Hall–Kier alpha value is -1.79. The summed E-state index contributed by atoms with van der Waals surface area (Å²) in [6.45, 7) is 5.30. The van der Waals surface area contributed by atoms with E-state index >= 15 is 0 Å². The first kappa shape index (κ1) is 17.6. The SMILES string of the molecule is COC(=O)[C@@H]1CCC[C@@H]2CC[C@H](NC(=O)OC(C)(C)C)C(=O)N21. The van der Waals surface area contributed by atoms with Gasteiger partial charge in [-0.05, 0) is 52.9 Å². The molecule has 2 rings (SSSR count). The molecule has 0 aliphatic carbocycles. The van der Waals surface area contributed by atoms with Crippen LogP contribution in [0.3, 0.4) is 0 Å². The smallest absolute Gasteiger partial charge is 0.408 e. The number of methoxy groups -OCH3 is 1. The summed E-state index contributed by atoms with van der Waals surface area (Å²) < 4.78 is 10.0. The number of carbonyl (C=O) groups excluding carboxylic acids is 3. The molecule has 7 nitrogen and oxygen atoms in total. The lowest BCUT2D eigenvalue weighted by Crippen LogP contribution is -2.62. The molecular weight excluding hydrogens is 300 g/mol. The van der Waals surface area contributed by atoms with Crippen LogP contribution in [0.2, 0.25) is 0 Å². The highest BCUT2D eigenvalue weighted by Crippen LogP contribution is 2.31. The van der Waals surface area contributed by atoms with E-state index in [9.17, 15) is 14.4 Å². The number of amides is 2. The van der Waals surface area contributed by atoms with Crippen molar-refractivity contribution in [1.29, 1.82) is 0 Å². The van der Waals surface area contributed by atoms with Gasteiger partial charge in [-0.3, -0.25) is 4.79 Å². The van der Waals surface area contributed by atoms with Crippen LogP contribution >= 0.6 is 0 Å². The molecule has 0 radical (unpaired) electrons. The molecule has 2 aliphatic heterocycles. The third-order valence-corrected chi connectivity index (χ3v) is 4.25. The monoisotopic (exact) mass is 326 g/mol. The van der Waals surface area contributed by atoms with Gasteiger partial charge in [0.2, 0.25) is 5.91 Å². The fourth-order valence-electron chi connectivity index (χ4n) is 3.31. The van der Waals surface area contributed by atoms with E-state index in [2.05, 4.69) is 5.32 Å². The zero-order valence-electron chi connectivity index (χ0n) is 14.3. The molecule has 23 heavy (non-hydrogen) atoms. The molecular formula is C16H26N2O5. The van der Waals surface area contributed by atoms with Gasteiger partial charge in [0.1, 0.15) is 17.7 Å². The van der Waals surface area contributed by atoms with Crippen LogP contribution in [0, 0.1) is 0 Å². The third kappa shape index (κ3) is 4.14. The maximum absolute atomic E-state index is 12.7. The molecule has 2 aliphatic rings. The fraction of sp³-hybridized carbons (Fsp3) is 0.812. The summed E-state index contributed by atoms with van der Waals surface area (Å²) in [7, 11) is 1.33. The predicted molar refractivity (Wildman–Crippen MR) is 82.7 cm³/mol. The van der Waals surface area contributed by atoms with Crippen LogP contribution in [0.5, 0.6) is 0 Å². The average Bonchev–Trinajstić information content (AvgIpc) is 2.47. The number of hydrogen-bond acceptors (Lipinski definition) is 5. The van der Waals surface area contributed by atoms with Gasteiger partial charge in [-0.25, -0.2) is 9.59 Å². The van der Waals surface area contributed by atoms with Gasteiger partial charge in [0.15, 0.2) is 0 Å². The second-order valence-corrected chi connectivity index (χ2v) is 7.15. The molecule has 0 aromatic heterocycles. The molecule has 0 spiro atoms. The number of piperidine rings is 2. The average molecular weight is 326 g/mol. The zero-order valence-corrected chi connectivity index (χ0v) is 14.3. The number of nitrogens with zero attached hydrogens (tertiary/aromatic N) is 1. The van der Waals surface area contributed by atoms with E-state index in [0.29, 0.717) is 12.8 Å². The minimum Gasteiger partial charge on any atom is -0.467 e. The van der Waals surface area contributed by atoms with Gasteiger partial charge >= 0.3 is 12.1 Å². The molecule has 0 bridgehead atoms. The van der Waals surface area contributed by atoms with Gasteiger partial charge in [0.05, 0.1) is 7.11 Å². The highest BCUT2D eigenvalue weighted by Gasteiger charge is 2.44. The highest BCUT2D eigenvalue weighted by molar-refractivity contribution is 5.90. The van der Waals surface area contributed by atoms with E-state index in [4.69, 9.17) is 9.47 Å². The number of fused-ring (bicyclic) bond motifs is 1. The summed E-state index contributed by atoms with van der Waals surface area (Å²) in [5.41, 5.74) is -0.621. The van der Waals surface area contributed by atoms with Gasteiger partial charge in [-0.2, -0.15) is 0 Å². The normalized spacial score (nSPS) is 27.9. The lowest BCUT2D eigenvalue weighted by Gasteiger charge is -2.45. The minimum atomic E-state index is -0.647. The summed E-state index contributed by atoms with van der Waals surface area (Å²) in [4.78, 5) is 38.2. The molecule has 1 N–H and O–H groups in total. The Balaban J connectivity index is 2.07. The molecule has 0 aromatic carbocycles. The molecule has 130 valence electrons. The van der Waals surface area contributed by atoms with Crippen molar-refractivity contribution >= 4 is 18.0 Å². The molecule has 2 amide bonds.